The van der Waals surface area contributed by atoms with Gasteiger partial charge in [0, 0.05) is 24.3 Å². The van der Waals surface area contributed by atoms with Gasteiger partial charge in [-0.1, -0.05) is 0 Å². The lowest BCUT2D eigenvalue weighted by Crippen LogP contribution is -2.26. The number of rotatable bonds is 3. The molecule has 2 heterocycles. The van der Waals surface area contributed by atoms with Gasteiger partial charge in [0.15, 0.2) is 0 Å². The molecule has 1 aliphatic rings. The van der Waals surface area contributed by atoms with Gasteiger partial charge in [-0.3, -0.25) is 0 Å². The van der Waals surface area contributed by atoms with Crippen molar-refractivity contribution in [1.29, 1.82) is 0 Å². The monoisotopic (exact) mass is 212 g/mol. The molecular formula is C10H16N2OS. The first kappa shape index (κ1) is 10.1. The van der Waals surface area contributed by atoms with Gasteiger partial charge in [0.2, 0.25) is 0 Å². The average molecular weight is 212 g/mol. The van der Waals surface area contributed by atoms with Crippen LogP contribution in [0.5, 0.6) is 0 Å². The van der Waals surface area contributed by atoms with Gasteiger partial charge in [0.25, 0.3) is 0 Å². The third kappa shape index (κ3) is 2.32. The second-order valence-electron chi connectivity index (χ2n) is 3.67. The lowest BCUT2D eigenvalue weighted by Gasteiger charge is -2.20. The van der Waals surface area contributed by atoms with E-state index in [1.807, 2.05) is 0 Å². The summed E-state index contributed by atoms with van der Waals surface area (Å²) in [6.07, 6.45) is 3.10. The van der Waals surface area contributed by atoms with Gasteiger partial charge >= 0.3 is 0 Å². The number of nitrogens with zero attached hydrogens (tertiary/aromatic N) is 1. The summed E-state index contributed by atoms with van der Waals surface area (Å²) in [5.41, 5.74) is 1.05. The van der Waals surface area contributed by atoms with Gasteiger partial charge in [-0.25, -0.2) is 4.98 Å². The summed E-state index contributed by atoms with van der Waals surface area (Å²) in [4.78, 5) is 4.55. The Kier molecular flexibility index (Phi) is 3.50. The van der Waals surface area contributed by atoms with Gasteiger partial charge < -0.3 is 10.4 Å². The van der Waals surface area contributed by atoms with Crippen LogP contribution in [0.3, 0.4) is 0 Å². The van der Waals surface area contributed by atoms with Crippen molar-refractivity contribution < 1.29 is 5.11 Å². The number of aliphatic hydroxyl groups excluding tert-OH is 1. The van der Waals surface area contributed by atoms with Crippen molar-refractivity contribution in [2.45, 2.75) is 25.2 Å². The van der Waals surface area contributed by atoms with E-state index in [1.54, 1.807) is 11.3 Å². The molecule has 78 valence electrons. The summed E-state index contributed by atoms with van der Waals surface area (Å²) in [6, 6.07) is 0. The molecule has 0 saturated carbocycles. The van der Waals surface area contributed by atoms with E-state index < -0.39 is 0 Å². The molecule has 2 N–H and O–H groups in total. The summed E-state index contributed by atoms with van der Waals surface area (Å²) in [5.74, 6) is 0.647. The molecule has 1 fully saturated rings. The highest BCUT2D eigenvalue weighted by molar-refractivity contribution is 7.09. The van der Waals surface area contributed by atoms with Crippen molar-refractivity contribution >= 4 is 11.3 Å². The molecule has 0 bridgehead atoms. The van der Waals surface area contributed by atoms with E-state index in [0.29, 0.717) is 12.3 Å². The van der Waals surface area contributed by atoms with E-state index in [2.05, 4.69) is 15.7 Å². The van der Waals surface area contributed by atoms with Crippen LogP contribution in [0.25, 0.3) is 0 Å². The Morgan fingerprint density at radius 3 is 3.00 bits per heavy atom. The van der Waals surface area contributed by atoms with Crippen LogP contribution < -0.4 is 5.32 Å². The van der Waals surface area contributed by atoms with E-state index >= 15 is 0 Å². The molecule has 14 heavy (non-hydrogen) atoms. The van der Waals surface area contributed by atoms with Crippen LogP contribution in [0.4, 0.5) is 0 Å². The van der Waals surface area contributed by atoms with Gasteiger partial charge in [0.1, 0.15) is 0 Å². The Balaban J connectivity index is 2.00. The van der Waals surface area contributed by atoms with Crippen LogP contribution in [0.1, 0.15) is 29.5 Å². The van der Waals surface area contributed by atoms with E-state index in [9.17, 15) is 0 Å². The predicted molar refractivity (Wildman–Crippen MR) is 57.7 cm³/mol. The first-order valence-corrected chi connectivity index (χ1v) is 6.04. The summed E-state index contributed by atoms with van der Waals surface area (Å²) < 4.78 is 0. The van der Waals surface area contributed by atoms with Crippen molar-refractivity contribution in [2.24, 2.45) is 0 Å². The Labute approximate surface area is 88.2 Å². The van der Waals surface area contributed by atoms with Crippen molar-refractivity contribution in [3.8, 4) is 0 Å². The fourth-order valence-corrected chi connectivity index (χ4v) is 2.83. The molecule has 0 aromatic carbocycles. The average Bonchev–Trinajstić information content (AvgIpc) is 2.68. The van der Waals surface area contributed by atoms with E-state index in [4.69, 9.17) is 5.11 Å². The van der Waals surface area contributed by atoms with Crippen LogP contribution in [0.15, 0.2) is 5.38 Å². The van der Waals surface area contributed by atoms with Crippen molar-refractivity contribution in [1.82, 2.24) is 10.3 Å². The minimum absolute atomic E-state index is 0.204. The van der Waals surface area contributed by atoms with Gasteiger partial charge in [0.05, 0.1) is 10.7 Å². The molecule has 1 saturated heterocycles. The summed E-state index contributed by atoms with van der Waals surface area (Å²) in [5, 5.41) is 15.5. The minimum Gasteiger partial charge on any atom is -0.396 e. The second kappa shape index (κ2) is 4.87. The van der Waals surface area contributed by atoms with Crippen molar-refractivity contribution in [3.05, 3.63) is 16.1 Å². The summed E-state index contributed by atoms with van der Waals surface area (Å²) >= 11 is 1.75. The topological polar surface area (TPSA) is 45.1 Å². The lowest BCUT2D eigenvalue weighted by atomic mass is 9.99. The Hall–Kier alpha value is -0.450. The van der Waals surface area contributed by atoms with Crippen LogP contribution in [0, 0.1) is 0 Å². The molecule has 4 heteroatoms. The normalized spacial score (nSPS) is 18.6. The number of thiazole rings is 1. The maximum atomic E-state index is 8.79. The molecule has 1 aromatic rings. The quantitative estimate of drug-likeness (QED) is 0.790. The molecule has 0 unspecified atom stereocenters. The van der Waals surface area contributed by atoms with Gasteiger partial charge in [-0.15, -0.1) is 11.3 Å². The third-order valence-corrected chi connectivity index (χ3v) is 3.68. The van der Waals surface area contributed by atoms with Crippen LogP contribution in [-0.2, 0) is 6.42 Å². The molecule has 0 radical (unpaired) electrons. The predicted octanol–water partition coefficient (Wildman–Crippen LogP) is 1.14. The second-order valence-corrected chi connectivity index (χ2v) is 4.56. The zero-order valence-corrected chi connectivity index (χ0v) is 9.02. The summed E-state index contributed by atoms with van der Waals surface area (Å²) in [7, 11) is 0. The maximum Gasteiger partial charge on any atom is 0.0960 e. The highest BCUT2D eigenvalue weighted by Gasteiger charge is 2.17. The van der Waals surface area contributed by atoms with E-state index in [1.165, 1.54) is 17.8 Å². The zero-order valence-electron chi connectivity index (χ0n) is 8.20. The largest absolute Gasteiger partial charge is 0.396 e. The van der Waals surface area contributed by atoms with Crippen molar-refractivity contribution in [2.75, 3.05) is 19.7 Å². The highest BCUT2D eigenvalue weighted by Crippen LogP contribution is 2.27. The Morgan fingerprint density at radius 2 is 2.29 bits per heavy atom. The standard InChI is InChI=1S/C10H16N2OS/c13-6-3-9-7-14-10(12-9)8-1-4-11-5-2-8/h7-8,11,13H,1-6H2. The van der Waals surface area contributed by atoms with Crippen LogP contribution >= 0.6 is 11.3 Å². The fourth-order valence-electron chi connectivity index (χ4n) is 1.81. The van der Waals surface area contributed by atoms with Crippen LogP contribution in [-0.4, -0.2) is 29.8 Å². The number of aliphatic hydroxyl groups is 1. The molecule has 3 nitrogen and oxygen atoms in total. The first-order valence-electron chi connectivity index (χ1n) is 5.16. The molecule has 0 atom stereocenters. The Morgan fingerprint density at radius 1 is 1.50 bits per heavy atom. The maximum absolute atomic E-state index is 8.79. The molecule has 1 aliphatic heterocycles. The number of nitrogens with one attached hydrogen (secondary N) is 1. The smallest absolute Gasteiger partial charge is 0.0960 e. The third-order valence-electron chi connectivity index (χ3n) is 2.63. The fraction of sp³-hybridized carbons (Fsp3) is 0.700. The SMILES string of the molecule is OCCc1csc(C2CCNCC2)n1. The Bertz CT molecular complexity index is 281. The lowest BCUT2D eigenvalue weighted by molar-refractivity contribution is 0.298. The molecule has 2 rings (SSSR count). The zero-order chi connectivity index (χ0) is 9.80. The molecule has 0 amide bonds. The summed E-state index contributed by atoms with van der Waals surface area (Å²) in [6.45, 7) is 2.43. The van der Waals surface area contributed by atoms with E-state index in [-0.39, 0.29) is 6.61 Å². The minimum atomic E-state index is 0.204. The van der Waals surface area contributed by atoms with Gasteiger partial charge in [-0.2, -0.15) is 0 Å². The van der Waals surface area contributed by atoms with Crippen LogP contribution in [0.2, 0.25) is 0 Å². The van der Waals surface area contributed by atoms with Crippen molar-refractivity contribution in [3.63, 3.8) is 0 Å². The van der Waals surface area contributed by atoms with Gasteiger partial charge in [-0.05, 0) is 25.9 Å². The number of piperidine rings is 1. The molecule has 0 aliphatic carbocycles. The molecular weight excluding hydrogens is 196 g/mol. The number of hydrogen-bond acceptors (Lipinski definition) is 4. The number of aromatic nitrogens is 1. The van der Waals surface area contributed by atoms with E-state index in [0.717, 1.165) is 18.8 Å². The highest BCUT2D eigenvalue weighted by atomic mass is 32.1. The first-order chi connectivity index (χ1) is 6.90. The number of hydrogen-bond donors (Lipinski definition) is 2. The molecule has 0 spiro atoms. The molecule has 1 aromatic heterocycles.